The van der Waals surface area contributed by atoms with Crippen LogP contribution in [0.1, 0.15) is 11.1 Å². The smallest absolute Gasteiger partial charge is 0.326 e. The van der Waals surface area contributed by atoms with Crippen LogP contribution in [0.5, 0.6) is 0 Å². The maximum Gasteiger partial charge on any atom is 0.326 e. The molecule has 1 aromatic heterocycles. The Labute approximate surface area is 149 Å². The summed E-state index contributed by atoms with van der Waals surface area (Å²) in [6.07, 6.45) is 4.52. The molecule has 1 amide bonds. The molecule has 0 aliphatic heterocycles. The molecule has 6 heteroatoms. The summed E-state index contributed by atoms with van der Waals surface area (Å²) < 4.78 is 13.1. The predicted octanol–water partition coefficient (Wildman–Crippen LogP) is 3.13. The summed E-state index contributed by atoms with van der Waals surface area (Å²) in [4.78, 5) is 26.6. The van der Waals surface area contributed by atoms with Gasteiger partial charge >= 0.3 is 5.97 Å². The molecule has 2 aromatic carbocycles. The van der Waals surface area contributed by atoms with Crippen LogP contribution in [0.2, 0.25) is 0 Å². The van der Waals surface area contributed by atoms with E-state index in [-0.39, 0.29) is 6.42 Å². The SMILES string of the molecule is O=C(C=Cc1cccc(F)c1)N[C@@H](Cc1c[nH]c2ccccc12)C(=O)O. The highest BCUT2D eigenvalue weighted by Gasteiger charge is 2.21. The highest BCUT2D eigenvalue weighted by atomic mass is 19.1. The van der Waals surface area contributed by atoms with Gasteiger partial charge in [0.05, 0.1) is 0 Å². The van der Waals surface area contributed by atoms with Crippen molar-refractivity contribution in [2.45, 2.75) is 12.5 Å². The van der Waals surface area contributed by atoms with Crippen LogP contribution in [0.15, 0.2) is 60.8 Å². The number of aromatic amines is 1. The number of rotatable bonds is 6. The van der Waals surface area contributed by atoms with Gasteiger partial charge in [-0.3, -0.25) is 4.79 Å². The number of amides is 1. The Kier molecular flexibility index (Phi) is 5.12. The maximum atomic E-state index is 13.1. The first-order chi connectivity index (χ1) is 12.5. The number of fused-ring (bicyclic) bond motifs is 1. The number of hydrogen-bond acceptors (Lipinski definition) is 2. The normalized spacial score (nSPS) is 12.3. The van der Waals surface area contributed by atoms with Gasteiger partial charge in [-0.05, 0) is 35.4 Å². The summed E-state index contributed by atoms with van der Waals surface area (Å²) in [5, 5.41) is 12.8. The number of halogens is 1. The number of nitrogens with one attached hydrogen (secondary N) is 2. The summed E-state index contributed by atoms with van der Waals surface area (Å²) in [7, 11) is 0. The zero-order chi connectivity index (χ0) is 18.5. The van der Waals surface area contributed by atoms with Gasteiger partial charge in [0, 0.05) is 29.6 Å². The van der Waals surface area contributed by atoms with E-state index >= 15 is 0 Å². The van der Waals surface area contributed by atoms with E-state index in [9.17, 15) is 19.1 Å². The zero-order valence-corrected chi connectivity index (χ0v) is 13.8. The monoisotopic (exact) mass is 352 g/mol. The van der Waals surface area contributed by atoms with Crippen molar-refractivity contribution >= 4 is 28.9 Å². The fraction of sp³-hybridized carbons (Fsp3) is 0.100. The lowest BCUT2D eigenvalue weighted by Crippen LogP contribution is -2.41. The molecule has 3 aromatic rings. The third-order valence-corrected chi connectivity index (χ3v) is 3.99. The van der Waals surface area contributed by atoms with E-state index in [1.807, 2.05) is 24.3 Å². The lowest BCUT2D eigenvalue weighted by Gasteiger charge is -2.12. The number of para-hydroxylation sites is 1. The molecule has 0 unspecified atom stereocenters. The fourth-order valence-electron chi connectivity index (χ4n) is 2.72. The predicted molar refractivity (Wildman–Crippen MR) is 97.0 cm³/mol. The second-order valence-corrected chi connectivity index (χ2v) is 5.85. The molecule has 5 nitrogen and oxygen atoms in total. The van der Waals surface area contributed by atoms with E-state index in [0.29, 0.717) is 5.56 Å². The van der Waals surface area contributed by atoms with Crippen molar-refractivity contribution in [2.24, 2.45) is 0 Å². The number of carbonyl (C=O) groups excluding carboxylic acids is 1. The molecule has 0 saturated heterocycles. The third kappa shape index (κ3) is 4.16. The Morgan fingerprint density at radius 1 is 1.19 bits per heavy atom. The summed E-state index contributed by atoms with van der Waals surface area (Å²) >= 11 is 0. The molecule has 3 N–H and O–H groups in total. The molecule has 3 rings (SSSR count). The van der Waals surface area contributed by atoms with Gasteiger partial charge in [-0.15, -0.1) is 0 Å². The van der Waals surface area contributed by atoms with Gasteiger partial charge < -0.3 is 15.4 Å². The van der Waals surface area contributed by atoms with Crippen molar-refractivity contribution in [3.05, 3.63) is 77.7 Å². The molecular formula is C20H17FN2O3. The highest BCUT2D eigenvalue weighted by molar-refractivity contribution is 5.94. The highest BCUT2D eigenvalue weighted by Crippen LogP contribution is 2.19. The molecule has 0 aliphatic carbocycles. The van der Waals surface area contributed by atoms with Crippen LogP contribution in [0.3, 0.4) is 0 Å². The number of carboxylic acid groups (broad SMARTS) is 1. The second kappa shape index (κ2) is 7.65. The molecule has 0 spiro atoms. The Morgan fingerprint density at radius 2 is 2.00 bits per heavy atom. The molecule has 26 heavy (non-hydrogen) atoms. The number of aliphatic carboxylic acids is 1. The van der Waals surface area contributed by atoms with Gasteiger partial charge in [0.2, 0.25) is 5.91 Å². The Hall–Kier alpha value is -3.41. The van der Waals surface area contributed by atoms with Crippen LogP contribution >= 0.6 is 0 Å². The molecule has 0 saturated carbocycles. The lowest BCUT2D eigenvalue weighted by molar-refractivity contribution is -0.141. The average molecular weight is 352 g/mol. The zero-order valence-electron chi connectivity index (χ0n) is 13.8. The number of hydrogen-bond donors (Lipinski definition) is 3. The van der Waals surface area contributed by atoms with E-state index in [1.54, 1.807) is 12.3 Å². The molecule has 1 atom stereocenters. The van der Waals surface area contributed by atoms with Crippen molar-refractivity contribution in [3.63, 3.8) is 0 Å². The van der Waals surface area contributed by atoms with Crippen molar-refractivity contribution in [1.82, 2.24) is 10.3 Å². The molecule has 0 bridgehead atoms. The average Bonchev–Trinajstić information content (AvgIpc) is 3.02. The van der Waals surface area contributed by atoms with Gasteiger partial charge in [0.15, 0.2) is 0 Å². The lowest BCUT2D eigenvalue weighted by atomic mass is 10.0. The van der Waals surface area contributed by atoms with Gasteiger partial charge in [-0.2, -0.15) is 0 Å². The Morgan fingerprint density at radius 3 is 2.77 bits per heavy atom. The number of benzene rings is 2. The molecule has 0 fully saturated rings. The quantitative estimate of drug-likeness (QED) is 0.596. The first-order valence-corrected chi connectivity index (χ1v) is 8.05. The van der Waals surface area contributed by atoms with Crippen LogP contribution in [-0.4, -0.2) is 28.0 Å². The van der Waals surface area contributed by atoms with E-state index in [1.165, 1.54) is 30.4 Å². The fourth-order valence-corrected chi connectivity index (χ4v) is 2.72. The minimum Gasteiger partial charge on any atom is -0.480 e. The molecule has 0 aliphatic rings. The minimum absolute atomic E-state index is 0.152. The van der Waals surface area contributed by atoms with E-state index in [2.05, 4.69) is 10.3 Å². The number of H-pyrrole nitrogens is 1. The summed E-state index contributed by atoms with van der Waals surface area (Å²) in [5.41, 5.74) is 2.23. The van der Waals surface area contributed by atoms with E-state index in [4.69, 9.17) is 0 Å². The van der Waals surface area contributed by atoms with Gasteiger partial charge in [-0.25, -0.2) is 9.18 Å². The van der Waals surface area contributed by atoms with Crippen molar-refractivity contribution in [1.29, 1.82) is 0 Å². The van der Waals surface area contributed by atoms with Crippen molar-refractivity contribution in [2.75, 3.05) is 0 Å². The maximum absolute atomic E-state index is 13.1. The van der Waals surface area contributed by atoms with Crippen LogP contribution < -0.4 is 5.32 Å². The molecule has 0 radical (unpaired) electrons. The van der Waals surface area contributed by atoms with E-state index in [0.717, 1.165) is 16.5 Å². The Bertz CT molecular complexity index is 978. The second-order valence-electron chi connectivity index (χ2n) is 5.85. The van der Waals surface area contributed by atoms with Crippen LogP contribution in [-0.2, 0) is 16.0 Å². The number of aromatic nitrogens is 1. The molecule has 1 heterocycles. The summed E-state index contributed by atoms with van der Waals surface area (Å²) in [6.45, 7) is 0. The van der Waals surface area contributed by atoms with Gasteiger partial charge in [-0.1, -0.05) is 30.3 Å². The van der Waals surface area contributed by atoms with Crippen molar-refractivity contribution in [3.8, 4) is 0 Å². The third-order valence-electron chi connectivity index (χ3n) is 3.99. The van der Waals surface area contributed by atoms with Crippen LogP contribution in [0.4, 0.5) is 4.39 Å². The topological polar surface area (TPSA) is 82.2 Å². The summed E-state index contributed by atoms with van der Waals surface area (Å²) in [5.74, 6) is -2.08. The van der Waals surface area contributed by atoms with E-state index < -0.39 is 23.7 Å². The Balaban J connectivity index is 1.70. The first-order valence-electron chi connectivity index (χ1n) is 8.05. The molecule has 132 valence electrons. The standard InChI is InChI=1S/C20H17FN2O3/c21-15-5-3-4-13(10-15)8-9-19(24)23-18(20(25)26)11-14-12-22-17-7-2-1-6-16(14)17/h1-10,12,18,22H,11H2,(H,23,24)(H,25,26)/t18-/m0/s1. The van der Waals surface area contributed by atoms with Crippen molar-refractivity contribution < 1.29 is 19.1 Å². The number of carboxylic acids is 1. The largest absolute Gasteiger partial charge is 0.480 e. The number of carbonyl (C=O) groups is 2. The van der Waals surface area contributed by atoms with Crippen LogP contribution in [0.25, 0.3) is 17.0 Å². The first kappa shape index (κ1) is 17.4. The van der Waals surface area contributed by atoms with Crippen LogP contribution in [0, 0.1) is 5.82 Å². The van der Waals surface area contributed by atoms with Gasteiger partial charge in [0.25, 0.3) is 0 Å². The summed E-state index contributed by atoms with van der Waals surface area (Å²) in [6, 6.07) is 12.2. The van der Waals surface area contributed by atoms with Gasteiger partial charge in [0.1, 0.15) is 11.9 Å². The molecular weight excluding hydrogens is 335 g/mol. The minimum atomic E-state index is -1.12.